The summed E-state index contributed by atoms with van der Waals surface area (Å²) in [6.45, 7) is 6.62. The molecule has 0 saturated heterocycles. The summed E-state index contributed by atoms with van der Waals surface area (Å²) in [5, 5.41) is 0. The molecule has 6 heteroatoms. The van der Waals surface area contributed by atoms with E-state index in [9.17, 15) is 14.4 Å². The van der Waals surface area contributed by atoms with Crippen LogP contribution in [0.25, 0.3) is 0 Å². The van der Waals surface area contributed by atoms with Crippen LogP contribution in [0.3, 0.4) is 0 Å². The van der Waals surface area contributed by atoms with Crippen molar-refractivity contribution >= 4 is 17.9 Å². The van der Waals surface area contributed by atoms with Crippen molar-refractivity contribution in [2.45, 2.75) is 329 Å². The Balaban J connectivity index is 4.34. The Kier molecular flexibility index (Phi) is 59.7. The molecule has 0 aromatic heterocycles. The van der Waals surface area contributed by atoms with Crippen LogP contribution in [0, 0.1) is 0 Å². The Morgan fingerprint density at radius 2 is 0.486 bits per heavy atom. The van der Waals surface area contributed by atoms with Gasteiger partial charge in [-0.15, -0.1) is 0 Å². The van der Waals surface area contributed by atoms with Gasteiger partial charge in [-0.3, -0.25) is 14.4 Å². The Morgan fingerprint density at radius 3 is 0.784 bits per heavy atom. The largest absolute Gasteiger partial charge is 0.462 e. The average Bonchev–Trinajstić information content (AvgIpc) is 3.40. The zero-order valence-electron chi connectivity index (χ0n) is 49.1. The van der Waals surface area contributed by atoms with Crippen molar-refractivity contribution in [2.24, 2.45) is 0 Å². The molecule has 1 atom stereocenters. The lowest BCUT2D eigenvalue weighted by molar-refractivity contribution is -0.167. The second-order valence-electron chi connectivity index (χ2n) is 21.3. The zero-order valence-corrected chi connectivity index (χ0v) is 49.1. The van der Waals surface area contributed by atoms with Gasteiger partial charge in [-0.25, -0.2) is 0 Å². The lowest BCUT2D eigenvalue weighted by Crippen LogP contribution is -2.30. The first-order valence-electron chi connectivity index (χ1n) is 31.9. The van der Waals surface area contributed by atoms with Gasteiger partial charge in [-0.2, -0.15) is 0 Å². The SMILES string of the molecule is CCCCCC/C=C\C/C=C\CCCCCCCC(=O)OC(COC(=O)CCCCCCC/C=C\CCCCCCCC)COC(=O)CCCCCCCCCCCC/C=C\C/C=C\C/C=C\CCCCCCC. The monoisotopic (exact) mass is 1030 g/mol. The molecule has 0 amide bonds. The third-order valence-corrected chi connectivity index (χ3v) is 13.9. The fourth-order valence-corrected chi connectivity index (χ4v) is 9.06. The van der Waals surface area contributed by atoms with E-state index in [1.54, 1.807) is 0 Å². The van der Waals surface area contributed by atoms with Crippen LogP contribution < -0.4 is 0 Å². The summed E-state index contributed by atoms with van der Waals surface area (Å²) in [5.41, 5.74) is 0. The van der Waals surface area contributed by atoms with Crippen LogP contribution in [-0.2, 0) is 28.6 Å². The Bertz CT molecular complexity index is 1370. The minimum absolute atomic E-state index is 0.0847. The molecule has 0 saturated carbocycles. The molecule has 0 heterocycles. The number of carbonyl (C=O) groups excluding carboxylic acids is 3. The van der Waals surface area contributed by atoms with Gasteiger partial charge in [0.15, 0.2) is 6.10 Å². The normalized spacial score (nSPS) is 12.5. The van der Waals surface area contributed by atoms with Gasteiger partial charge >= 0.3 is 17.9 Å². The van der Waals surface area contributed by atoms with E-state index in [0.29, 0.717) is 19.3 Å². The molecule has 0 radical (unpaired) electrons. The maximum absolute atomic E-state index is 12.9. The first-order valence-corrected chi connectivity index (χ1v) is 31.9. The quantitative estimate of drug-likeness (QED) is 0.0261. The second-order valence-corrected chi connectivity index (χ2v) is 21.3. The van der Waals surface area contributed by atoms with E-state index in [-0.39, 0.29) is 31.1 Å². The minimum atomic E-state index is -0.789. The van der Waals surface area contributed by atoms with E-state index in [0.717, 1.165) is 103 Å². The average molecular weight is 1030 g/mol. The van der Waals surface area contributed by atoms with Crippen molar-refractivity contribution in [3.8, 4) is 0 Å². The number of unbranched alkanes of at least 4 members (excludes halogenated alkanes) is 35. The highest BCUT2D eigenvalue weighted by atomic mass is 16.6. The van der Waals surface area contributed by atoms with Crippen molar-refractivity contribution in [1.82, 2.24) is 0 Å². The van der Waals surface area contributed by atoms with E-state index in [1.807, 2.05) is 0 Å². The van der Waals surface area contributed by atoms with Crippen molar-refractivity contribution < 1.29 is 28.6 Å². The van der Waals surface area contributed by atoms with Crippen LogP contribution in [0.15, 0.2) is 72.9 Å². The molecule has 0 rings (SSSR count). The molecule has 0 aliphatic rings. The van der Waals surface area contributed by atoms with E-state index >= 15 is 0 Å². The first-order chi connectivity index (χ1) is 36.5. The second kappa shape index (κ2) is 62.4. The molecule has 428 valence electrons. The summed E-state index contributed by atoms with van der Waals surface area (Å²) in [5.74, 6) is -0.898. The van der Waals surface area contributed by atoms with Crippen LogP contribution in [0.4, 0.5) is 0 Å². The number of hydrogen-bond donors (Lipinski definition) is 0. The summed E-state index contributed by atoms with van der Waals surface area (Å²) >= 11 is 0. The maximum Gasteiger partial charge on any atom is 0.306 e. The molecular weight excluding hydrogens is 913 g/mol. The smallest absolute Gasteiger partial charge is 0.306 e. The highest BCUT2D eigenvalue weighted by Gasteiger charge is 2.19. The molecule has 0 aliphatic heterocycles. The summed E-state index contributed by atoms with van der Waals surface area (Å²) in [4.78, 5) is 38.3. The third kappa shape index (κ3) is 59.7. The lowest BCUT2D eigenvalue weighted by Gasteiger charge is -2.18. The molecule has 0 aromatic carbocycles. The van der Waals surface area contributed by atoms with Crippen LogP contribution in [0.2, 0.25) is 0 Å². The highest BCUT2D eigenvalue weighted by molar-refractivity contribution is 5.71. The summed E-state index contributed by atoms with van der Waals surface area (Å²) in [7, 11) is 0. The lowest BCUT2D eigenvalue weighted by atomic mass is 10.1. The fourth-order valence-electron chi connectivity index (χ4n) is 9.06. The van der Waals surface area contributed by atoms with Gasteiger partial charge in [-0.05, 0) is 116 Å². The van der Waals surface area contributed by atoms with Crippen molar-refractivity contribution in [3.63, 3.8) is 0 Å². The van der Waals surface area contributed by atoms with Crippen LogP contribution in [0.1, 0.15) is 323 Å². The van der Waals surface area contributed by atoms with Gasteiger partial charge in [0, 0.05) is 19.3 Å². The molecule has 0 fully saturated rings. The molecular formula is C68H120O6. The Hall–Kier alpha value is -3.15. The van der Waals surface area contributed by atoms with Gasteiger partial charge in [0.1, 0.15) is 13.2 Å². The molecule has 0 N–H and O–H groups in total. The summed E-state index contributed by atoms with van der Waals surface area (Å²) in [6, 6.07) is 0. The van der Waals surface area contributed by atoms with Gasteiger partial charge in [-0.1, -0.05) is 261 Å². The standard InChI is InChI=1S/C68H120O6/c1-4-7-10-13-16-19-22-25-28-30-31-32-33-34-35-36-37-38-41-43-46-49-52-55-58-61-67(70)73-64-65(63-72-66(69)60-57-54-51-48-45-42-39-27-24-21-18-15-12-9-6-3)74-68(71)62-59-56-53-50-47-44-40-29-26-23-20-17-14-11-8-5-2/h20,22-23,25,27,29-31,33-34,39-40,65H,4-19,21,24,26,28,32,35-38,41-64H2,1-3H3/b23-20-,25-22-,31-30-,34-33-,39-27-,40-29-. The van der Waals surface area contributed by atoms with Crippen molar-refractivity contribution in [1.29, 1.82) is 0 Å². The topological polar surface area (TPSA) is 78.9 Å². The van der Waals surface area contributed by atoms with E-state index in [2.05, 4.69) is 93.7 Å². The van der Waals surface area contributed by atoms with Crippen LogP contribution in [-0.4, -0.2) is 37.2 Å². The summed E-state index contributed by atoms with van der Waals surface area (Å²) in [6.07, 6.45) is 80.4. The number of allylic oxidation sites excluding steroid dienone is 12. The third-order valence-electron chi connectivity index (χ3n) is 13.9. The zero-order chi connectivity index (χ0) is 53.6. The molecule has 6 nitrogen and oxygen atoms in total. The predicted octanol–water partition coefficient (Wildman–Crippen LogP) is 21.7. The number of ether oxygens (including phenoxy) is 3. The van der Waals surface area contributed by atoms with E-state index in [4.69, 9.17) is 14.2 Å². The van der Waals surface area contributed by atoms with Crippen LogP contribution >= 0.6 is 0 Å². The van der Waals surface area contributed by atoms with Crippen molar-refractivity contribution in [2.75, 3.05) is 13.2 Å². The van der Waals surface area contributed by atoms with Gasteiger partial charge in [0.05, 0.1) is 0 Å². The first kappa shape index (κ1) is 70.8. The predicted molar refractivity (Wildman–Crippen MR) is 321 cm³/mol. The van der Waals surface area contributed by atoms with Crippen molar-refractivity contribution in [3.05, 3.63) is 72.9 Å². The Labute approximate surface area is 459 Å². The van der Waals surface area contributed by atoms with Gasteiger partial charge < -0.3 is 14.2 Å². The molecule has 0 bridgehead atoms. The molecule has 0 aromatic rings. The number of esters is 3. The molecule has 0 aliphatic carbocycles. The van der Waals surface area contributed by atoms with Gasteiger partial charge in [0.25, 0.3) is 0 Å². The van der Waals surface area contributed by atoms with E-state index < -0.39 is 6.10 Å². The van der Waals surface area contributed by atoms with E-state index in [1.165, 1.54) is 180 Å². The maximum atomic E-state index is 12.9. The molecule has 74 heavy (non-hydrogen) atoms. The van der Waals surface area contributed by atoms with Gasteiger partial charge in [0.2, 0.25) is 0 Å². The highest BCUT2D eigenvalue weighted by Crippen LogP contribution is 2.16. The summed E-state index contributed by atoms with van der Waals surface area (Å²) < 4.78 is 16.9. The number of rotatable bonds is 58. The number of hydrogen-bond acceptors (Lipinski definition) is 6. The minimum Gasteiger partial charge on any atom is -0.462 e. The Morgan fingerprint density at radius 1 is 0.270 bits per heavy atom. The fraction of sp³-hybridized carbons (Fsp3) is 0.779. The molecule has 1 unspecified atom stereocenters. The number of carbonyl (C=O) groups is 3. The molecule has 0 spiro atoms. The van der Waals surface area contributed by atoms with Crippen LogP contribution in [0.5, 0.6) is 0 Å².